The fourth-order valence-corrected chi connectivity index (χ4v) is 5.44. The van der Waals surface area contributed by atoms with E-state index in [1.165, 1.54) is 29.2 Å². The molecule has 49 heavy (non-hydrogen) atoms. The molecule has 0 saturated heterocycles. The van der Waals surface area contributed by atoms with Crippen molar-refractivity contribution in [2.24, 2.45) is 0 Å². The molecule has 2 N–H and O–H groups in total. The number of halogens is 3. The van der Waals surface area contributed by atoms with Crippen LogP contribution in [0.5, 0.6) is 0 Å². The van der Waals surface area contributed by atoms with Crippen LogP contribution in [0, 0.1) is 11.3 Å². The molecular formula is C34H43F3N9O3+. The van der Waals surface area contributed by atoms with Gasteiger partial charge in [-0.1, -0.05) is 6.92 Å². The molecule has 0 radical (unpaired) electrons. The molecule has 0 fully saturated rings. The zero-order valence-corrected chi connectivity index (χ0v) is 28.7. The number of aromatic nitrogens is 5. The molecular weight excluding hydrogens is 639 g/mol. The number of quaternary nitrogens is 1. The molecule has 4 aromatic rings. The molecule has 3 aromatic heterocycles. The Balaban J connectivity index is 1.37. The Kier molecular flexibility index (Phi) is 11.3. The minimum atomic E-state index is -4.74. The number of rotatable bonds is 14. The zero-order chi connectivity index (χ0) is 36.0. The first kappa shape index (κ1) is 36.9. The number of hydrogen-bond donors (Lipinski definition) is 2. The number of anilines is 2. The summed E-state index contributed by atoms with van der Waals surface area (Å²) in [7, 11) is 4.00. The number of amides is 1. The molecule has 15 heteroatoms. The molecule has 0 aliphatic heterocycles. The lowest BCUT2D eigenvalue weighted by Gasteiger charge is -2.30. The number of nitriles is 1. The fraction of sp³-hybridized carbons (Fsp3) is 0.471. The molecule has 0 aliphatic carbocycles. The Labute approximate surface area is 283 Å². The highest BCUT2D eigenvalue weighted by molar-refractivity contribution is 5.96. The second-order valence-electron chi connectivity index (χ2n) is 13.4. The van der Waals surface area contributed by atoms with Crippen LogP contribution >= 0.6 is 0 Å². The smallest absolute Gasteiger partial charge is 0.435 e. The molecule has 0 spiro atoms. The Morgan fingerprint density at radius 2 is 1.86 bits per heavy atom. The monoisotopic (exact) mass is 682 g/mol. The van der Waals surface area contributed by atoms with Crippen molar-refractivity contribution < 1.29 is 32.0 Å². The average Bonchev–Trinajstić information content (AvgIpc) is 3.62. The van der Waals surface area contributed by atoms with Gasteiger partial charge in [0.25, 0.3) is 5.91 Å². The summed E-state index contributed by atoms with van der Waals surface area (Å²) in [5, 5.41) is 18.7. The minimum Gasteiger partial charge on any atom is -0.456 e. The van der Waals surface area contributed by atoms with E-state index in [4.69, 9.17) is 10.00 Å². The largest absolute Gasteiger partial charge is 0.456 e. The third-order valence-corrected chi connectivity index (χ3v) is 7.66. The number of nitrogens with zero attached hydrogens (tertiary/aromatic N) is 7. The number of fused-ring (bicyclic) bond motifs is 1. The molecule has 12 nitrogen and oxygen atoms in total. The molecule has 0 aliphatic rings. The molecule has 4 rings (SSSR count). The van der Waals surface area contributed by atoms with Crippen LogP contribution in [0.25, 0.3) is 16.9 Å². The van der Waals surface area contributed by atoms with Crippen molar-refractivity contribution >= 4 is 29.0 Å². The lowest BCUT2D eigenvalue weighted by Crippen LogP contribution is -2.46. The number of ether oxygens (including phenoxy) is 1. The minimum absolute atomic E-state index is 0.141. The van der Waals surface area contributed by atoms with Gasteiger partial charge in [0.1, 0.15) is 12.1 Å². The van der Waals surface area contributed by atoms with E-state index in [1.54, 1.807) is 18.2 Å². The lowest BCUT2D eigenvalue weighted by atomic mass is 10.0. The van der Waals surface area contributed by atoms with Crippen LogP contribution < -0.4 is 10.6 Å². The fourth-order valence-electron chi connectivity index (χ4n) is 5.44. The second-order valence-corrected chi connectivity index (χ2v) is 13.4. The maximum atomic E-state index is 13.8. The highest BCUT2D eigenvalue weighted by Crippen LogP contribution is 2.37. The summed E-state index contributed by atoms with van der Waals surface area (Å²) in [5.41, 5.74) is 0.568. The van der Waals surface area contributed by atoms with Crippen LogP contribution in [0.1, 0.15) is 68.6 Å². The Bertz CT molecular complexity index is 1830. The van der Waals surface area contributed by atoms with E-state index >= 15 is 0 Å². The van der Waals surface area contributed by atoms with Gasteiger partial charge in [-0.15, -0.1) is 0 Å². The number of carbonyl (C=O) groups excluding carboxylic acids is 2. The molecule has 262 valence electrons. The first-order valence-corrected chi connectivity index (χ1v) is 16.1. The van der Waals surface area contributed by atoms with Crippen molar-refractivity contribution in [1.82, 2.24) is 29.5 Å². The van der Waals surface area contributed by atoms with Crippen LogP contribution in [0.3, 0.4) is 0 Å². The maximum absolute atomic E-state index is 13.8. The zero-order valence-electron chi connectivity index (χ0n) is 28.7. The van der Waals surface area contributed by atoms with Crippen LogP contribution in [0.2, 0.25) is 0 Å². The number of imidazole rings is 1. The number of benzene rings is 1. The Hall–Kier alpha value is -4.97. The Morgan fingerprint density at radius 1 is 1.10 bits per heavy atom. The number of aryl methyl sites for hydroxylation is 1. The third-order valence-electron chi connectivity index (χ3n) is 7.66. The molecule has 1 amide bonds. The van der Waals surface area contributed by atoms with E-state index in [1.807, 2.05) is 47.9 Å². The summed E-state index contributed by atoms with van der Waals surface area (Å²) in [4.78, 5) is 33.9. The van der Waals surface area contributed by atoms with Gasteiger partial charge in [-0.2, -0.15) is 23.5 Å². The average molecular weight is 683 g/mol. The van der Waals surface area contributed by atoms with E-state index in [-0.39, 0.29) is 35.3 Å². The number of likely N-dealkylation sites (N-methyl/N-ethyl adjacent to an activating group) is 1. The summed E-state index contributed by atoms with van der Waals surface area (Å²) in [6.45, 7) is 8.79. The van der Waals surface area contributed by atoms with Crippen LogP contribution in [0.4, 0.5) is 24.7 Å². The molecule has 1 aromatic carbocycles. The predicted octanol–water partition coefficient (Wildman–Crippen LogP) is 5.76. The van der Waals surface area contributed by atoms with Gasteiger partial charge in [-0.25, -0.2) is 14.8 Å². The first-order chi connectivity index (χ1) is 23.0. The van der Waals surface area contributed by atoms with Crippen LogP contribution in [-0.4, -0.2) is 79.8 Å². The third kappa shape index (κ3) is 9.79. The van der Waals surface area contributed by atoms with Gasteiger partial charge in [0.05, 0.1) is 44.2 Å². The van der Waals surface area contributed by atoms with Crippen molar-refractivity contribution in [3.05, 3.63) is 59.8 Å². The number of hydrogen-bond acceptors (Lipinski definition) is 8. The summed E-state index contributed by atoms with van der Waals surface area (Å²) in [6.07, 6.45) is 3.87. The van der Waals surface area contributed by atoms with Crippen molar-refractivity contribution in [3.8, 4) is 17.3 Å². The number of carbonyl (C=O) groups is 2. The summed E-state index contributed by atoms with van der Waals surface area (Å²) in [6, 6.07) is 7.10. The maximum Gasteiger partial charge on any atom is 0.435 e. The summed E-state index contributed by atoms with van der Waals surface area (Å²) < 4.78 is 49.8. The molecule has 3 heterocycles. The normalized spacial score (nSPS) is 12.2. The standard InChI is InChI=1S/C34H42F3N9O3/c1-7-23-19-24(11-12-25(23)32(48)40-14-9-8-10-18-46(5,6)22-28(47)49-33(2,3)4)42-30-31-41-20-27(45(31)17-15-39-30)26-21-44(16-13-38)43-29(26)34(35,36)37/h11-12,15,17,19-21H,7-10,14,16,18,22H2,1-6H3,(H-,39,40,42,48)/p+1. The number of nitrogens with one attached hydrogen (secondary N) is 2. The van der Waals surface area contributed by atoms with Gasteiger partial charge in [-0.05, 0) is 70.2 Å². The van der Waals surface area contributed by atoms with Gasteiger partial charge in [0, 0.05) is 36.4 Å². The summed E-state index contributed by atoms with van der Waals surface area (Å²) in [5.74, 6) is -0.0960. The number of alkyl halides is 3. The molecule has 0 saturated carbocycles. The predicted molar refractivity (Wildman–Crippen MR) is 178 cm³/mol. The number of esters is 1. The van der Waals surface area contributed by atoms with E-state index in [2.05, 4.69) is 25.7 Å². The van der Waals surface area contributed by atoms with E-state index in [9.17, 15) is 22.8 Å². The molecule has 0 bridgehead atoms. The lowest BCUT2D eigenvalue weighted by molar-refractivity contribution is -0.883. The van der Waals surface area contributed by atoms with Crippen molar-refractivity contribution in [1.29, 1.82) is 5.26 Å². The van der Waals surface area contributed by atoms with Gasteiger partial charge in [-0.3, -0.25) is 13.9 Å². The van der Waals surface area contributed by atoms with Crippen molar-refractivity contribution in [2.75, 3.05) is 39.0 Å². The second kappa shape index (κ2) is 15.1. The topological polar surface area (TPSA) is 139 Å². The highest BCUT2D eigenvalue weighted by atomic mass is 19.4. The summed E-state index contributed by atoms with van der Waals surface area (Å²) >= 11 is 0. The van der Waals surface area contributed by atoms with E-state index in [0.29, 0.717) is 41.1 Å². The van der Waals surface area contributed by atoms with E-state index in [0.717, 1.165) is 36.1 Å². The van der Waals surface area contributed by atoms with Gasteiger partial charge in [0.15, 0.2) is 23.7 Å². The van der Waals surface area contributed by atoms with Crippen molar-refractivity contribution in [3.63, 3.8) is 0 Å². The van der Waals surface area contributed by atoms with Gasteiger partial charge in [0.2, 0.25) is 0 Å². The quantitative estimate of drug-likeness (QED) is 0.0973. The van der Waals surface area contributed by atoms with Crippen LogP contribution in [-0.2, 0) is 28.7 Å². The van der Waals surface area contributed by atoms with Crippen molar-refractivity contribution in [2.45, 2.75) is 71.7 Å². The van der Waals surface area contributed by atoms with Gasteiger partial charge < -0.3 is 19.9 Å². The number of unbranched alkanes of at least 4 members (excludes halogenated alkanes) is 2. The first-order valence-electron chi connectivity index (χ1n) is 16.1. The highest BCUT2D eigenvalue weighted by Gasteiger charge is 2.38. The van der Waals surface area contributed by atoms with Crippen LogP contribution in [0.15, 0.2) is 43.0 Å². The molecule has 0 atom stereocenters. The van der Waals surface area contributed by atoms with E-state index < -0.39 is 17.5 Å². The SMILES string of the molecule is CCc1cc(Nc2nccn3c(-c4cn(CC#N)nc4C(F)(F)F)cnc23)ccc1C(=O)NCCCCC[N+](C)(C)CC(=O)OC(C)(C)C. The van der Waals surface area contributed by atoms with Gasteiger partial charge >= 0.3 is 12.1 Å². The molecule has 0 unspecified atom stereocenters. The Morgan fingerprint density at radius 3 is 2.53 bits per heavy atom.